The SMILES string of the molecule is NC(=O)CCNC1CCOC2(CCOCC2)C1. The molecule has 2 rings (SSSR count). The highest BCUT2D eigenvalue weighted by atomic mass is 16.5. The second-order valence-corrected chi connectivity index (χ2v) is 5.00. The zero-order chi connectivity index (χ0) is 12.1. The largest absolute Gasteiger partial charge is 0.381 e. The summed E-state index contributed by atoms with van der Waals surface area (Å²) in [6, 6.07) is 0.446. The van der Waals surface area contributed by atoms with Gasteiger partial charge < -0.3 is 20.5 Å². The molecule has 0 aromatic carbocycles. The van der Waals surface area contributed by atoms with Gasteiger partial charge in [0.25, 0.3) is 0 Å². The van der Waals surface area contributed by atoms with Gasteiger partial charge in [-0.1, -0.05) is 0 Å². The van der Waals surface area contributed by atoms with E-state index in [1.54, 1.807) is 0 Å². The van der Waals surface area contributed by atoms with Crippen LogP contribution in [0.5, 0.6) is 0 Å². The van der Waals surface area contributed by atoms with Crippen LogP contribution < -0.4 is 11.1 Å². The van der Waals surface area contributed by atoms with E-state index < -0.39 is 0 Å². The van der Waals surface area contributed by atoms with E-state index in [-0.39, 0.29) is 11.5 Å². The number of carbonyl (C=O) groups is 1. The highest BCUT2D eigenvalue weighted by Crippen LogP contribution is 2.34. The molecule has 0 aromatic rings. The monoisotopic (exact) mass is 242 g/mol. The standard InChI is InChI=1S/C12H22N2O3/c13-11(15)1-5-14-10-2-6-17-12(9-10)3-7-16-8-4-12/h10,14H,1-9H2,(H2,13,15). The first kappa shape index (κ1) is 12.8. The summed E-state index contributed by atoms with van der Waals surface area (Å²) in [7, 11) is 0. The molecule has 0 aliphatic carbocycles. The van der Waals surface area contributed by atoms with Crippen molar-refractivity contribution in [2.45, 2.75) is 43.7 Å². The number of carbonyl (C=O) groups excluding carboxylic acids is 1. The molecule has 17 heavy (non-hydrogen) atoms. The van der Waals surface area contributed by atoms with E-state index in [0.29, 0.717) is 19.0 Å². The predicted octanol–water partition coefficient (Wildman–Crippen LogP) is 0.180. The van der Waals surface area contributed by atoms with E-state index >= 15 is 0 Å². The Labute approximate surface area is 102 Å². The van der Waals surface area contributed by atoms with Crippen LogP contribution in [0.15, 0.2) is 0 Å². The van der Waals surface area contributed by atoms with Gasteiger partial charge in [0.2, 0.25) is 5.91 Å². The molecular weight excluding hydrogens is 220 g/mol. The van der Waals surface area contributed by atoms with E-state index in [1.807, 2.05) is 0 Å². The van der Waals surface area contributed by atoms with Crippen molar-refractivity contribution in [3.05, 3.63) is 0 Å². The molecular formula is C12H22N2O3. The lowest BCUT2D eigenvalue weighted by molar-refractivity contribution is -0.140. The summed E-state index contributed by atoms with van der Waals surface area (Å²) < 4.78 is 11.3. The highest BCUT2D eigenvalue weighted by molar-refractivity contribution is 5.73. The third kappa shape index (κ3) is 3.66. The lowest BCUT2D eigenvalue weighted by Crippen LogP contribution is -2.50. The maximum Gasteiger partial charge on any atom is 0.218 e. The van der Waals surface area contributed by atoms with Gasteiger partial charge in [0, 0.05) is 38.8 Å². The van der Waals surface area contributed by atoms with Crippen LogP contribution >= 0.6 is 0 Å². The zero-order valence-corrected chi connectivity index (χ0v) is 10.2. The summed E-state index contributed by atoms with van der Waals surface area (Å²) in [5, 5.41) is 3.40. The predicted molar refractivity (Wildman–Crippen MR) is 63.6 cm³/mol. The fourth-order valence-electron chi connectivity index (χ4n) is 2.69. The molecule has 2 fully saturated rings. The van der Waals surface area contributed by atoms with Gasteiger partial charge in [-0.25, -0.2) is 0 Å². The van der Waals surface area contributed by atoms with Gasteiger partial charge in [-0.3, -0.25) is 4.79 Å². The summed E-state index contributed by atoms with van der Waals surface area (Å²) in [5.74, 6) is -0.245. The Morgan fingerprint density at radius 1 is 1.35 bits per heavy atom. The number of nitrogens with one attached hydrogen (secondary N) is 1. The normalized spacial score (nSPS) is 28.1. The zero-order valence-electron chi connectivity index (χ0n) is 10.2. The van der Waals surface area contributed by atoms with Crippen molar-refractivity contribution < 1.29 is 14.3 Å². The summed E-state index contributed by atoms with van der Waals surface area (Å²) in [4.78, 5) is 10.7. The van der Waals surface area contributed by atoms with Crippen molar-refractivity contribution in [1.29, 1.82) is 0 Å². The Morgan fingerprint density at radius 2 is 2.12 bits per heavy atom. The first-order chi connectivity index (χ1) is 8.20. The van der Waals surface area contributed by atoms with Crippen LogP contribution in [0.1, 0.15) is 32.1 Å². The van der Waals surface area contributed by atoms with Crippen molar-refractivity contribution in [1.82, 2.24) is 5.32 Å². The Kier molecular flexibility index (Phi) is 4.36. The lowest BCUT2D eigenvalue weighted by Gasteiger charge is -2.43. The van der Waals surface area contributed by atoms with Crippen molar-refractivity contribution in [2.24, 2.45) is 5.73 Å². The van der Waals surface area contributed by atoms with Crippen LogP contribution in [0, 0.1) is 0 Å². The van der Waals surface area contributed by atoms with Crippen molar-refractivity contribution in [3.63, 3.8) is 0 Å². The Morgan fingerprint density at radius 3 is 2.82 bits per heavy atom. The topological polar surface area (TPSA) is 73.6 Å². The summed E-state index contributed by atoms with van der Waals surface area (Å²) >= 11 is 0. The number of hydrogen-bond donors (Lipinski definition) is 2. The van der Waals surface area contributed by atoms with Crippen LogP contribution in [-0.2, 0) is 14.3 Å². The molecule has 5 heteroatoms. The number of ether oxygens (including phenoxy) is 2. The molecule has 5 nitrogen and oxygen atoms in total. The quantitative estimate of drug-likeness (QED) is 0.737. The molecule has 0 bridgehead atoms. The van der Waals surface area contributed by atoms with E-state index in [9.17, 15) is 4.79 Å². The highest BCUT2D eigenvalue weighted by Gasteiger charge is 2.38. The second kappa shape index (κ2) is 5.80. The van der Waals surface area contributed by atoms with Gasteiger partial charge in [0.1, 0.15) is 0 Å². The van der Waals surface area contributed by atoms with E-state index in [2.05, 4.69) is 5.32 Å². The van der Waals surface area contributed by atoms with Gasteiger partial charge in [0.15, 0.2) is 0 Å². The van der Waals surface area contributed by atoms with Crippen LogP contribution in [0.3, 0.4) is 0 Å². The number of hydrogen-bond acceptors (Lipinski definition) is 4. The molecule has 0 saturated carbocycles. The van der Waals surface area contributed by atoms with Gasteiger partial charge >= 0.3 is 0 Å². The first-order valence-electron chi connectivity index (χ1n) is 6.44. The minimum absolute atomic E-state index is 0.0148. The van der Waals surface area contributed by atoms with Crippen molar-refractivity contribution in [2.75, 3.05) is 26.4 Å². The van der Waals surface area contributed by atoms with Crippen molar-refractivity contribution >= 4 is 5.91 Å². The summed E-state index contributed by atoms with van der Waals surface area (Å²) in [6.45, 7) is 3.07. The Balaban J connectivity index is 1.77. The summed E-state index contributed by atoms with van der Waals surface area (Å²) in [6.07, 6.45) is 4.42. The average molecular weight is 242 g/mol. The first-order valence-corrected chi connectivity index (χ1v) is 6.44. The van der Waals surface area contributed by atoms with Gasteiger partial charge in [-0.05, 0) is 25.7 Å². The third-order valence-corrected chi connectivity index (χ3v) is 3.70. The molecule has 2 heterocycles. The Hall–Kier alpha value is -0.650. The maximum absolute atomic E-state index is 10.7. The molecule has 98 valence electrons. The van der Waals surface area contributed by atoms with Gasteiger partial charge in [0.05, 0.1) is 5.60 Å². The molecule has 2 aliphatic rings. The number of primary amides is 1. The number of rotatable bonds is 4. The molecule has 0 radical (unpaired) electrons. The molecule has 2 aliphatic heterocycles. The smallest absolute Gasteiger partial charge is 0.218 e. The maximum atomic E-state index is 10.7. The van der Waals surface area contributed by atoms with E-state index in [1.165, 1.54) is 0 Å². The van der Waals surface area contributed by atoms with E-state index in [4.69, 9.17) is 15.2 Å². The molecule has 0 aromatic heterocycles. The average Bonchev–Trinajstić information content (AvgIpc) is 2.29. The second-order valence-electron chi connectivity index (χ2n) is 5.00. The van der Waals surface area contributed by atoms with Gasteiger partial charge in [-0.15, -0.1) is 0 Å². The molecule has 1 spiro atoms. The fourth-order valence-corrected chi connectivity index (χ4v) is 2.69. The Bertz CT molecular complexity index is 259. The molecule has 2 saturated heterocycles. The summed E-state index contributed by atoms with van der Waals surface area (Å²) in [5.41, 5.74) is 5.14. The minimum Gasteiger partial charge on any atom is -0.381 e. The minimum atomic E-state index is -0.245. The number of amides is 1. The molecule has 1 amide bonds. The fraction of sp³-hybridized carbons (Fsp3) is 0.917. The molecule has 3 N–H and O–H groups in total. The molecule has 1 atom stereocenters. The van der Waals surface area contributed by atoms with Gasteiger partial charge in [-0.2, -0.15) is 0 Å². The van der Waals surface area contributed by atoms with Crippen molar-refractivity contribution in [3.8, 4) is 0 Å². The van der Waals surface area contributed by atoms with Crippen LogP contribution in [0.25, 0.3) is 0 Å². The third-order valence-electron chi connectivity index (χ3n) is 3.70. The number of nitrogens with two attached hydrogens (primary N) is 1. The van der Waals surface area contributed by atoms with Crippen LogP contribution in [0.2, 0.25) is 0 Å². The van der Waals surface area contributed by atoms with Crippen LogP contribution in [0.4, 0.5) is 0 Å². The van der Waals surface area contributed by atoms with Crippen LogP contribution in [-0.4, -0.2) is 43.9 Å². The lowest BCUT2D eigenvalue weighted by atomic mass is 9.84. The van der Waals surface area contributed by atoms with E-state index in [0.717, 1.165) is 45.5 Å². The molecule has 1 unspecified atom stereocenters.